The molecule has 1 heterocycles. The van der Waals surface area contributed by atoms with Gasteiger partial charge in [0.2, 0.25) is 5.91 Å². The number of hydrogen-bond donors (Lipinski definition) is 1. The summed E-state index contributed by atoms with van der Waals surface area (Å²) in [6, 6.07) is 8.45. The van der Waals surface area contributed by atoms with E-state index in [1.807, 2.05) is 13.8 Å². The van der Waals surface area contributed by atoms with E-state index in [-0.39, 0.29) is 23.4 Å². The largest absolute Gasteiger partial charge is 0.337 e. The third-order valence-electron chi connectivity index (χ3n) is 4.07. The zero-order valence-corrected chi connectivity index (χ0v) is 15.4. The Morgan fingerprint density at radius 1 is 1.44 bits per heavy atom. The van der Waals surface area contributed by atoms with Crippen LogP contribution in [-0.4, -0.2) is 32.0 Å². The highest BCUT2D eigenvalue weighted by Crippen LogP contribution is 2.24. The van der Waals surface area contributed by atoms with Crippen LogP contribution >= 0.6 is 11.8 Å². The molecule has 0 aliphatic heterocycles. The number of thioether (sulfide) groups is 1. The van der Waals surface area contributed by atoms with E-state index in [4.69, 9.17) is 0 Å². The Morgan fingerprint density at radius 2 is 2.12 bits per heavy atom. The summed E-state index contributed by atoms with van der Waals surface area (Å²) in [6.07, 6.45) is 0. The van der Waals surface area contributed by atoms with Crippen molar-refractivity contribution in [2.75, 3.05) is 5.75 Å². The highest BCUT2D eigenvalue weighted by molar-refractivity contribution is 7.99. The lowest BCUT2D eigenvalue weighted by Crippen LogP contribution is -2.49. The van der Waals surface area contributed by atoms with Crippen molar-refractivity contribution in [3.05, 3.63) is 30.1 Å². The number of halogens is 1. The molecule has 6 nitrogen and oxygen atoms in total. The molecule has 0 spiro atoms. The van der Waals surface area contributed by atoms with Crippen LogP contribution in [0.25, 0.3) is 11.4 Å². The van der Waals surface area contributed by atoms with Gasteiger partial charge in [0.1, 0.15) is 11.4 Å². The quantitative estimate of drug-likeness (QED) is 0.800. The van der Waals surface area contributed by atoms with Gasteiger partial charge in [-0.1, -0.05) is 37.7 Å². The minimum absolute atomic E-state index is 0.0195. The smallest absolute Gasteiger partial charge is 0.231 e. The van der Waals surface area contributed by atoms with Crippen molar-refractivity contribution in [3.63, 3.8) is 0 Å². The van der Waals surface area contributed by atoms with Crippen molar-refractivity contribution in [1.29, 1.82) is 5.26 Å². The van der Waals surface area contributed by atoms with Crippen molar-refractivity contribution in [2.24, 2.45) is 13.0 Å². The number of carbonyl (C=O) groups excluding carboxylic acids is 1. The molecule has 0 fully saturated rings. The average molecular weight is 361 g/mol. The lowest BCUT2D eigenvalue weighted by atomic mass is 9.90. The molecule has 0 saturated heterocycles. The third-order valence-corrected chi connectivity index (χ3v) is 5.09. The van der Waals surface area contributed by atoms with E-state index in [0.717, 1.165) is 0 Å². The first-order valence-electron chi connectivity index (χ1n) is 7.78. The SMILES string of the molecule is CC(C)[C@](C)(C#N)NC(=O)CSc1nnc(-c2ccccc2F)n1C. The lowest BCUT2D eigenvalue weighted by molar-refractivity contribution is -0.120. The molecule has 0 radical (unpaired) electrons. The van der Waals surface area contributed by atoms with E-state index >= 15 is 0 Å². The van der Waals surface area contributed by atoms with E-state index in [2.05, 4.69) is 21.6 Å². The summed E-state index contributed by atoms with van der Waals surface area (Å²) >= 11 is 1.18. The van der Waals surface area contributed by atoms with E-state index in [0.29, 0.717) is 16.5 Å². The summed E-state index contributed by atoms with van der Waals surface area (Å²) in [5.74, 6) is -0.182. The highest BCUT2D eigenvalue weighted by atomic mass is 32.2. The minimum Gasteiger partial charge on any atom is -0.337 e. The van der Waals surface area contributed by atoms with Gasteiger partial charge in [-0.3, -0.25) is 4.79 Å². The van der Waals surface area contributed by atoms with Gasteiger partial charge in [-0.05, 0) is 25.0 Å². The molecular formula is C17H20FN5OS. The fraction of sp³-hybridized carbons (Fsp3) is 0.412. The third kappa shape index (κ3) is 4.17. The molecule has 0 unspecified atom stereocenters. The molecule has 0 saturated carbocycles. The summed E-state index contributed by atoms with van der Waals surface area (Å²) in [7, 11) is 1.72. The maximum Gasteiger partial charge on any atom is 0.231 e. The van der Waals surface area contributed by atoms with Crippen molar-refractivity contribution in [2.45, 2.75) is 31.5 Å². The second-order valence-electron chi connectivity index (χ2n) is 6.15. The van der Waals surface area contributed by atoms with Gasteiger partial charge >= 0.3 is 0 Å². The molecule has 132 valence electrons. The molecular weight excluding hydrogens is 341 g/mol. The first kappa shape index (κ1) is 18.9. The maximum atomic E-state index is 13.9. The Hall–Kier alpha value is -2.40. The standard InChI is InChI=1S/C17H20FN5OS/c1-11(2)17(3,10-19)20-14(24)9-25-16-22-21-15(23(16)4)12-7-5-6-8-13(12)18/h5-8,11H,9H2,1-4H3,(H,20,24)/t17-/m0/s1. The highest BCUT2D eigenvalue weighted by Gasteiger charge is 2.30. The Morgan fingerprint density at radius 3 is 2.72 bits per heavy atom. The number of nitrogens with zero attached hydrogens (tertiary/aromatic N) is 4. The Kier molecular flexibility index (Phi) is 5.80. The number of amides is 1. The van der Waals surface area contributed by atoms with Gasteiger partial charge in [0.05, 0.1) is 17.4 Å². The molecule has 2 rings (SSSR count). The molecule has 25 heavy (non-hydrogen) atoms. The van der Waals surface area contributed by atoms with Crippen LogP contribution in [0.3, 0.4) is 0 Å². The summed E-state index contributed by atoms with van der Waals surface area (Å²) in [5.41, 5.74) is -0.568. The maximum absolute atomic E-state index is 13.9. The molecule has 1 amide bonds. The Balaban J connectivity index is 2.07. The van der Waals surface area contributed by atoms with Crippen LogP contribution in [0.4, 0.5) is 4.39 Å². The zero-order valence-electron chi connectivity index (χ0n) is 14.6. The monoisotopic (exact) mass is 361 g/mol. The lowest BCUT2D eigenvalue weighted by Gasteiger charge is -2.27. The predicted molar refractivity (Wildman–Crippen MR) is 94.1 cm³/mol. The molecule has 1 N–H and O–H groups in total. The van der Waals surface area contributed by atoms with Gasteiger partial charge in [-0.25, -0.2) is 4.39 Å². The summed E-state index contributed by atoms with van der Waals surface area (Å²) in [5, 5.41) is 20.5. The van der Waals surface area contributed by atoms with Crippen LogP contribution in [0.1, 0.15) is 20.8 Å². The van der Waals surface area contributed by atoms with Crippen LogP contribution < -0.4 is 5.32 Å². The molecule has 8 heteroatoms. The van der Waals surface area contributed by atoms with Gasteiger partial charge in [0, 0.05) is 7.05 Å². The fourth-order valence-corrected chi connectivity index (χ4v) is 2.79. The van der Waals surface area contributed by atoms with Crippen molar-refractivity contribution >= 4 is 17.7 Å². The number of aromatic nitrogens is 3. The first-order valence-corrected chi connectivity index (χ1v) is 8.76. The number of carbonyl (C=O) groups is 1. The van der Waals surface area contributed by atoms with E-state index in [1.54, 1.807) is 36.7 Å². The van der Waals surface area contributed by atoms with E-state index < -0.39 is 5.54 Å². The fourth-order valence-electron chi connectivity index (χ4n) is 2.07. The minimum atomic E-state index is -0.921. The second-order valence-corrected chi connectivity index (χ2v) is 7.09. The number of hydrogen-bond acceptors (Lipinski definition) is 5. The predicted octanol–water partition coefficient (Wildman–Crippen LogP) is 2.77. The summed E-state index contributed by atoms with van der Waals surface area (Å²) < 4.78 is 15.5. The molecule has 0 aliphatic carbocycles. The van der Waals surface area contributed by atoms with Gasteiger partial charge in [0.25, 0.3) is 0 Å². The van der Waals surface area contributed by atoms with Crippen LogP contribution in [0.5, 0.6) is 0 Å². The number of nitrogens with one attached hydrogen (secondary N) is 1. The second kappa shape index (κ2) is 7.66. The molecule has 0 aliphatic rings. The summed E-state index contributed by atoms with van der Waals surface area (Å²) in [6.45, 7) is 5.44. The molecule has 1 aromatic carbocycles. The molecule has 2 aromatic rings. The first-order chi connectivity index (χ1) is 11.8. The van der Waals surface area contributed by atoms with Crippen molar-refractivity contribution in [1.82, 2.24) is 20.1 Å². The van der Waals surface area contributed by atoms with Crippen LogP contribution in [0.2, 0.25) is 0 Å². The van der Waals surface area contributed by atoms with Crippen molar-refractivity contribution < 1.29 is 9.18 Å². The number of nitriles is 1. The Labute approximate surface area is 150 Å². The number of benzene rings is 1. The topological polar surface area (TPSA) is 83.6 Å². The molecule has 1 aromatic heterocycles. The van der Waals surface area contributed by atoms with Crippen LogP contribution in [-0.2, 0) is 11.8 Å². The van der Waals surface area contributed by atoms with Crippen molar-refractivity contribution in [3.8, 4) is 17.5 Å². The zero-order chi connectivity index (χ0) is 18.6. The number of rotatable bonds is 6. The Bertz CT molecular complexity index is 814. The van der Waals surface area contributed by atoms with Gasteiger partial charge < -0.3 is 9.88 Å². The summed E-state index contributed by atoms with van der Waals surface area (Å²) in [4.78, 5) is 12.1. The average Bonchev–Trinajstić information content (AvgIpc) is 2.94. The van der Waals surface area contributed by atoms with Gasteiger partial charge in [-0.15, -0.1) is 10.2 Å². The van der Waals surface area contributed by atoms with Gasteiger partial charge in [0.15, 0.2) is 11.0 Å². The van der Waals surface area contributed by atoms with Gasteiger partial charge in [-0.2, -0.15) is 5.26 Å². The van der Waals surface area contributed by atoms with E-state index in [9.17, 15) is 14.4 Å². The molecule has 0 bridgehead atoms. The normalized spacial score (nSPS) is 13.3. The molecule has 1 atom stereocenters. The van der Waals surface area contributed by atoms with Crippen LogP contribution in [0, 0.1) is 23.1 Å². The van der Waals surface area contributed by atoms with Crippen LogP contribution in [0.15, 0.2) is 29.4 Å². The van der Waals surface area contributed by atoms with E-state index in [1.165, 1.54) is 17.8 Å².